The molecule has 174 valence electrons. The topological polar surface area (TPSA) is 144 Å². The number of aromatic nitrogens is 1. The quantitative estimate of drug-likeness (QED) is 0.196. The minimum Gasteiger partial charge on any atom is -0.465 e. The van der Waals surface area contributed by atoms with Gasteiger partial charge in [0.25, 0.3) is 5.69 Å². The van der Waals surface area contributed by atoms with Crippen LogP contribution in [0.4, 0.5) is 10.7 Å². The highest BCUT2D eigenvalue weighted by Gasteiger charge is 2.26. The van der Waals surface area contributed by atoms with Gasteiger partial charge >= 0.3 is 11.9 Å². The van der Waals surface area contributed by atoms with Crippen molar-refractivity contribution in [3.8, 4) is 17.3 Å². The maximum Gasteiger partial charge on any atom is 0.348 e. The number of non-ortho nitro benzene ring substituents is 1. The van der Waals surface area contributed by atoms with Crippen molar-refractivity contribution in [2.75, 3.05) is 19.0 Å². The van der Waals surface area contributed by atoms with Gasteiger partial charge in [0.1, 0.15) is 26.5 Å². The second-order valence-electron chi connectivity index (χ2n) is 6.63. The van der Waals surface area contributed by atoms with Crippen molar-refractivity contribution in [2.24, 2.45) is 0 Å². The van der Waals surface area contributed by atoms with Crippen molar-refractivity contribution >= 4 is 50.9 Å². The molecule has 3 rings (SSSR count). The third-order valence-corrected chi connectivity index (χ3v) is 6.63. The van der Waals surface area contributed by atoms with E-state index in [-0.39, 0.29) is 28.3 Å². The molecule has 3 aromatic rings. The molecule has 34 heavy (non-hydrogen) atoms. The van der Waals surface area contributed by atoms with Gasteiger partial charge in [0.15, 0.2) is 0 Å². The average Bonchev–Trinajstić information content (AvgIpc) is 3.44. The number of thiophene rings is 1. The van der Waals surface area contributed by atoms with E-state index in [9.17, 15) is 25.0 Å². The molecular weight excluding hydrogens is 480 g/mol. The number of hydrogen-bond donors (Lipinski definition) is 1. The zero-order chi connectivity index (χ0) is 24.8. The summed E-state index contributed by atoms with van der Waals surface area (Å²) in [6, 6.07) is 8.08. The Kier molecular flexibility index (Phi) is 7.72. The Labute approximate surface area is 202 Å². The third kappa shape index (κ3) is 5.11. The summed E-state index contributed by atoms with van der Waals surface area (Å²) in [6.07, 6.45) is 1.38. The number of ether oxygens (including phenoxy) is 2. The van der Waals surface area contributed by atoms with Gasteiger partial charge in [-0.2, -0.15) is 5.26 Å². The monoisotopic (exact) mass is 498 g/mol. The van der Waals surface area contributed by atoms with Crippen LogP contribution in [-0.4, -0.2) is 35.6 Å². The Hall–Kier alpha value is -4.08. The molecule has 0 bridgehead atoms. The van der Waals surface area contributed by atoms with Gasteiger partial charge in [-0.05, 0) is 19.4 Å². The fourth-order valence-electron chi connectivity index (χ4n) is 2.94. The average molecular weight is 499 g/mol. The number of anilines is 1. The first-order valence-corrected chi connectivity index (χ1v) is 11.5. The summed E-state index contributed by atoms with van der Waals surface area (Å²) in [5, 5.41) is 26.0. The van der Waals surface area contributed by atoms with Crippen LogP contribution in [0.2, 0.25) is 0 Å². The Morgan fingerprint density at radius 3 is 2.76 bits per heavy atom. The van der Waals surface area contributed by atoms with Gasteiger partial charge in [-0.3, -0.25) is 10.1 Å². The predicted molar refractivity (Wildman–Crippen MR) is 128 cm³/mol. The van der Waals surface area contributed by atoms with E-state index in [1.807, 2.05) is 6.07 Å². The van der Waals surface area contributed by atoms with Crippen LogP contribution in [0.15, 0.2) is 35.8 Å². The molecule has 10 nitrogen and oxygen atoms in total. The Bertz CT molecular complexity index is 1340. The van der Waals surface area contributed by atoms with Gasteiger partial charge < -0.3 is 14.8 Å². The normalized spacial score (nSPS) is 10.9. The number of nitro groups is 1. The zero-order valence-corrected chi connectivity index (χ0v) is 19.9. The number of methoxy groups -OCH3 is 1. The van der Waals surface area contributed by atoms with Crippen molar-refractivity contribution in [3.05, 3.63) is 67.0 Å². The zero-order valence-electron chi connectivity index (χ0n) is 18.3. The van der Waals surface area contributed by atoms with Gasteiger partial charge in [-0.25, -0.2) is 14.6 Å². The molecule has 0 aliphatic rings. The van der Waals surface area contributed by atoms with E-state index in [0.29, 0.717) is 26.8 Å². The van der Waals surface area contributed by atoms with Crippen LogP contribution in [-0.2, 0) is 9.47 Å². The number of carbonyl (C=O) groups excluding carboxylic acids is 2. The number of nitrogens with one attached hydrogen (secondary N) is 1. The van der Waals surface area contributed by atoms with E-state index in [1.54, 1.807) is 31.4 Å². The van der Waals surface area contributed by atoms with E-state index >= 15 is 0 Å². The van der Waals surface area contributed by atoms with E-state index in [2.05, 4.69) is 10.3 Å². The van der Waals surface area contributed by atoms with Crippen molar-refractivity contribution < 1.29 is 24.0 Å². The highest BCUT2D eigenvalue weighted by atomic mass is 32.1. The molecule has 0 radical (unpaired) electrons. The predicted octanol–water partition coefficient (Wildman–Crippen LogP) is 5.03. The summed E-state index contributed by atoms with van der Waals surface area (Å²) in [5.41, 5.74) is 1.72. The molecule has 2 heterocycles. The highest BCUT2D eigenvalue weighted by molar-refractivity contribution is 7.18. The van der Waals surface area contributed by atoms with Gasteiger partial charge in [0.2, 0.25) is 0 Å². The number of allylic oxidation sites excluding steroid dienone is 1. The molecule has 0 spiro atoms. The number of carbonyl (C=O) groups is 2. The molecule has 0 saturated heterocycles. The second kappa shape index (κ2) is 10.7. The summed E-state index contributed by atoms with van der Waals surface area (Å²) >= 11 is 2.19. The molecule has 2 aromatic heterocycles. The first kappa shape index (κ1) is 24.6. The number of nitriles is 1. The highest BCUT2D eigenvalue weighted by Crippen LogP contribution is 2.35. The van der Waals surface area contributed by atoms with Gasteiger partial charge in [0, 0.05) is 29.3 Å². The minimum absolute atomic E-state index is 0.0641. The molecule has 1 N–H and O–H groups in total. The van der Waals surface area contributed by atoms with E-state index in [0.717, 1.165) is 11.3 Å². The number of rotatable bonds is 8. The number of thiazole rings is 1. The fourth-order valence-corrected chi connectivity index (χ4v) is 4.82. The summed E-state index contributed by atoms with van der Waals surface area (Å²) in [5.74, 6) is -1.20. The molecule has 0 aliphatic heterocycles. The Balaban J connectivity index is 1.94. The first-order chi connectivity index (χ1) is 16.3. The summed E-state index contributed by atoms with van der Waals surface area (Å²) < 4.78 is 9.89. The van der Waals surface area contributed by atoms with Crippen molar-refractivity contribution in [2.45, 2.75) is 13.8 Å². The lowest BCUT2D eigenvalue weighted by Gasteiger charge is -2.05. The van der Waals surface area contributed by atoms with Gasteiger partial charge in [0.05, 0.1) is 29.9 Å². The van der Waals surface area contributed by atoms with E-state index < -0.39 is 16.9 Å². The van der Waals surface area contributed by atoms with Gasteiger partial charge in [-0.15, -0.1) is 22.7 Å². The first-order valence-electron chi connectivity index (χ1n) is 9.77. The maximum absolute atomic E-state index is 12.5. The van der Waals surface area contributed by atoms with Gasteiger partial charge in [-0.1, -0.05) is 12.1 Å². The minimum atomic E-state index is -0.608. The van der Waals surface area contributed by atoms with Crippen molar-refractivity contribution in [3.63, 3.8) is 0 Å². The number of nitro benzene ring substituents is 1. The Morgan fingerprint density at radius 1 is 1.35 bits per heavy atom. The Morgan fingerprint density at radius 2 is 2.12 bits per heavy atom. The van der Waals surface area contributed by atoms with Crippen LogP contribution in [0, 0.1) is 28.4 Å². The molecule has 0 atom stereocenters. The molecule has 12 heteroatoms. The second-order valence-corrected chi connectivity index (χ2v) is 8.51. The molecule has 0 aliphatic carbocycles. The standard InChI is InChI=1S/C22H18N4O6S2/c1-4-32-21(27)17-12(2)18(22(28)31-3)34-20(17)24-10-14(9-23)19-25-16(11-33-19)13-6-5-7-15(8-13)26(29)30/h5-8,10-11,24H,4H2,1-3H3/b14-10-. The lowest BCUT2D eigenvalue weighted by Crippen LogP contribution is -2.08. The molecule has 0 saturated carbocycles. The molecule has 0 unspecified atom stereocenters. The van der Waals surface area contributed by atoms with Crippen molar-refractivity contribution in [1.82, 2.24) is 4.98 Å². The fraction of sp³-hybridized carbons (Fsp3) is 0.182. The van der Waals surface area contributed by atoms with Crippen LogP contribution in [0.3, 0.4) is 0 Å². The number of esters is 2. The number of benzene rings is 1. The number of hydrogen-bond acceptors (Lipinski definition) is 11. The largest absolute Gasteiger partial charge is 0.465 e. The summed E-state index contributed by atoms with van der Waals surface area (Å²) in [7, 11) is 1.24. The van der Waals surface area contributed by atoms with Crippen LogP contribution in [0.1, 0.15) is 37.5 Å². The lowest BCUT2D eigenvalue weighted by molar-refractivity contribution is -0.384. The van der Waals surface area contributed by atoms with Crippen LogP contribution < -0.4 is 5.32 Å². The van der Waals surface area contributed by atoms with Crippen LogP contribution in [0.25, 0.3) is 16.8 Å². The van der Waals surface area contributed by atoms with Crippen molar-refractivity contribution in [1.29, 1.82) is 5.26 Å². The maximum atomic E-state index is 12.5. The summed E-state index contributed by atoms with van der Waals surface area (Å²) in [6.45, 7) is 3.43. The smallest absolute Gasteiger partial charge is 0.348 e. The number of nitrogens with zero attached hydrogens (tertiary/aromatic N) is 3. The molecule has 0 amide bonds. The molecule has 0 fully saturated rings. The molecule has 1 aromatic carbocycles. The van der Waals surface area contributed by atoms with Crippen LogP contribution >= 0.6 is 22.7 Å². The SMILES string of the molecule is CCOC(=O)c1c(N/C=C(/C#N)c2nc(-c3cccc([N+](=O)[O-])c3)cs2)sc(C(=O)OC)c1C. The van der Waals surface area contributed by atoms with Crippen LogP contribution in [0.5, 0.6) is 0 Å². The third-order valence-electron chi connectivity index (χ3n) is 4.55. The lowest BCUT2D eigenvalue weighted by atomic mass is 10.1. The molecular formula is C22H18N4O6S2. The van der Waals surface area contributed by atoms with E-state index in [4.69, 9.17) is 9.47 Å². The summed E-state index contributed by atoms with van der Waals surface area (Å²) in [4.78, 5) is 39.8. The van der Waals surface area contributed by atoms with E-state index in [1.165, 1.54) is 36.8 Å².